The highest BCUT2D eigenvalue weighted by Gasteiger charge is 2.11. The van der Waals surface area contributed by atoms with E-state index in [4.69, 9.17) is 5.73 Å². The quantitative estimate of drug-likeness (QED) is 0.782. The number of nitrogens with two attached hydrogens (primary N) is 1. The number of imidazole rings is 1. The maximum absolute atomic E-state index is 11.3. The van der Waals surface area contributed by atoms with Gasteiger partial charge in [0.1, 0.15) is 4.60 Å². The van der Waals surface area contributed by atoms with Gasteiger partial charge in [0.15, 0.2) is 0 Å². The molecule has 0 saturated carbocycles. The molecule has 4 nitrogen and oxygen atoms in total. The zero-order valence-corrected chi connectivity index (χ0v) is 8.76. The first-order chi connectivity index (χ1) is 5.59. The molecule has 0 aromatic carbocycles. The summed E-state index contributed by atoms with van der Waals surface area (Å²) in [4.78, 5) is 11.3. The molecule has 0 saturated heterocycles. The molecule has 0 amide bonds. The van der Waals surface area contributed by atoms with Crippen LogP contribution < -0.4 is 11.4 Å². The molecular weight excluding hydrogens is 222 g/mol. The summed E-state index contributed by atoms with van der Waals surface area (Å²) in [7, 11) is 3.48. The standard InChI is InChI=1S/C7H12BrN3O/c1-10-5(3-4-9)6(8)11(2)7(10)12/h3-4,9H2,1-2H3. The molecule has 2 N–H and O–H groups in total. The number of hydrogen-bond donors (Lipinski definition) is 1. The van der Waals surface area contributed by atoms with Crippen molar-refractivity contribution in [3.05, 3.63) is 20.8 Å². The third kappa shape index (κ3) is 1.34. The highest BCUT2D eigenvalue weighted by atomic mass is 79.9. The average molecular weight is 234 g/mol. The average Bonchev–Trinajstić information content (AvgIpc) is 2.23. The molecule has 0 unspecified atom stereocenters. The Hall–Kier alpha value is -0.550. The van der Waals surface area contributed by atoms with E-state index in [2.05, 4.69) is 15.9 Å². The van der Waals surface area contributed by atoms with Crippen molar-refractivity contribution in [1.29, 1.82) is 0 Å². The van der Waals surface area contributed by atoms with Crippen LogP contribution in [-0.2, 0) is 20.5 Å². The van der Waals surface area contributed by atoms with Gasteiger partial charge in [-0.2, -0.15) is 0 Å². The molecule has 0 bridgehead atoms. The minimum atomic E-state index is -0.0228. The summed E-state index contributed by atoms with van der Waals surface area (Å²) in [5, 5.41) is 0. The van der Waals surface area contributed by atoms with E-state index in [9.17, 15) is 4.79 Å². The first-order valence-corrected chi connectivity index (χ1v) is 4.49. The second kappa shape index (κ2) is 3.45. The summed E-state index contributed by atoms with van der Waals surface area (Å²) in [6.45, 7) is 0.551. The topological polar surface area (TPSA) is 52.9 Å². The Labute approximate surface area is 79.1 Å². The molecule has 1 heterocycles. The van der Waals surface area contributed by atoms with E-state index in [0.29, 0.717) is 13.0 Å². The van der Waals surface area contributed by atoms with Crippen LogP contribution in [0.25, 0.3) is 0 Å². The lowest BCUT2D eigenvalue weighted by Gasteiger charge is -1.98. The fraction of sp³-hybridized carbons (Fsp3) is 0.571. The SMILES string of the molecule is Cn1c(Br)c(CCN)n(C)c1=O. The van der Waals surface area contributed by atoms with Gasteiger partial charge in [-0.05, 0) is 22.5 Å². The van der Waals surface area contributed by atoms with E-state index in [1.807, 2.05) is 0 Å². The maximum atomic E-state index is 11.3. The van der Waals surface area contributed by atoms with E-state index in [1.165, 1.54) is 0 Å². The van der Waals surface area contributed by atoms with Gasteiger partial charge in [0, 0.05) is 20.5 Å². The minimum absolute atomic E-state index is 0.0228. The number of hydrogen-bond acceptors (Lipinski definition) is 2. The lowest BCUT2D eigenvalue weighted by molar-refractivity contribution is 0.745. The highest BCUT2D eigenvalue weighted by Crippen LogP contribution is 2.13. The lowest BCUT2D eigenvalue weighted by atomic mass is 10.3. The number of nitrogens with zero attached hydrogens (tertiary/aromatic N) is 2. The summed E-state index contributed by atoms with van der Waals surface area (Å²) in [5.41, 5.74) is 6.34. The molecule has 0 radical (unpaired) electrons. The third-order valence-corrected chi connectivity index (χ3v) is 2.88. The van der Waals surface area contributed by atoms with Gasteiger partial charge < -0.3 is 5.73 Å². The van der Waals surface area contributed by atoms with E-state index in [1.54, 1.807) is 23.2 Å². The van der Waals surface area contributed by atoms with Gasteiger partial charge in [-0.1, -0.05) is 0 Å². The molecule has 0 fully saturated rings. The normalized spacial score (nSPS) is 10.7. The Kier molecular flexibility index (Phi) is 2.74. The van der Waals surface area contributed by atoms with Gasteiger partial charge in [0.05, 0.1) is 5.69 Å². The number of rotatable bonds is 2. The highest BCUT2D eigenvalue weighted by molar-refractivity contribution is 9.10. The van der Waals surface area contributed by atoms with Crippen molar-refractivity contribution in [3.8, 4) is 0 Å². The maximum Gasteiger partial charge on any atom is 0.328 e. The predicted molar refractivity (Wildman–Crippen MR) is 51.1 cm³/mol. The molecule has 12 heavy (non-hydrogen) atoms. The monoisotopic (exact) mass is 233 g/mol. The molecule has 1 rings (SSSR count). The fourth-order valence-electron chi connectivity index (χ4n) is 1.16. The first-order valence-electron chi connectivity index (χ1n) is 3.69. The number of halogens is 1. The van der Waals surface area contributed by atoms with Crippen LogP contribution in [0.4, 0.5) is 0 Å². The summed E-state index contributed by atoms with van der Waals surface area (Å²) in [6.07, 6.45) is 0.715. The van der Waals surface area contributed by atoms with E-state index in [0.717, 1.165) is 10.3 Å². The molecule has 5 heteroatoms. The van der Waals surface area contributed by atoms with Crippen molar-refractivity contribution in [2.75, 3.05) is 6.54 Å². The molecular formula is C7H12BrN3O. The Bertz CT molecular complexity index is 339. The molecule has 0 atom stereocenters. The second-order valence-corrected chi connectivity index (χ2v) is 3.43. The van der Waals surface area contributed by atoms with Crippen LogP contribution in [0.1, 0.15) is 5.69 Å². The molecule has 68 valence electrons. The molecule has 0 aliphatic heterocycles. The molecule has 0 spiro atoms. The Balaban J connectivity index is 3.28. The van der Waals surface area contributed by atoms with Crippen molar-refractivity contribution in [3.63, 3.8) is 0 Å². The first kappa shape index (κ1) is 9.54. The smallest absolute Gasteiger partial charge is 0.328 e. The molecule has 0 aliphatic rings. The van der Waals surface area contributed by atoms with Gasteiger partial charge in [-0.15, -0.1) is 0 Å². The van der Waals surface area contributed by atoms with Crippen LogP contribution in [0.3, 0.4) is 0 Å². The van der Waals surface area contributed by atoms with Crippen LogP contribution in [0, 0.1) is 0 Å². The van der Waals surface area contributed by atoms with Crippen molar-refractivity contribution >= 4 is 15.9 Å². The Morgan fingerprint density at radius 1 is 1.42 bits per heavy atom. The Morgan fingerprint density at radius 2 is 2.00 bits per heavy atom. The Morgan fingerprint density at radius 3 is 2.33 bits per heavy atom. The summed E-state index contributed by atoms with van der Waals surface area (Å²) < 4.78 is 3.99. The van der Waals surface area contributed by atoms with Crippen molar-refractivity contribution in [2.24, 2.45) is 19.8 Å². The van der Waals surface area contributed by atoms with Crippen molar-refractivity contribution in [2.45, 2.75) is 6.42 Å². The summed E-state index contributed by atoms with van der Waals surface area (Å²) in [6, 6.07) is 0. The zero-order valence-electron chi connectivity index (χ0n) is 7.17. The largest absolute Gasteiger partial charge is 0.330 e. The van der Waals surface area contributed by atoms with E-state index in [-0.39, 0.29) is 5.69 Å². The fourth-order valence-corrected chi connectivity index (χ4v) is 1.78. The van der Waals surface area contributed by atoms with Gasteiger partial charge in [-0.25, -0.2) is 4.79 Å². The lowest BCUT2D eigenvalue weighted by Crippen LogP contribution is -2.20. The van der Waals surface area contributed by atoms with Gasteiger partial charge in [0.25, 0.3) is 0 Å². The summed E-state index contributed by atoms with van der Waals surface area (Å²) in [5.74, 6) is 0. The predicted octanol–water partition coefficient (Wildman–Crippen LogP) is -0.0125. The molecule has 1 aromatic rings. The summed E-state index contributed by atoms with van der Waals surface area (Å²) >= 11 is 3.34. The van der Waals surface area contributed by atoms with Gasteiger partial charge in [-0.3, -0.25) is 9.13 Å². The van der Waals surface area contributed by atoms with E-state index < -0.39 is 0 Å². The second-order valence-electron chi connectivity index (χ2n) is 2.68. The third-order valence-electron chi connectivity index (χ3n) is 1.89. The van der Waals surface area contributed by atoms with Crippen molar-refractivity contribution in [1.82, 2.24) is 9.13 Å². The van der Waals surface area contributed by atoms with E-state index >= 15 is 0 Å². The zero-order chi connectivity index (χ0) is 9.30. The minimum Gasteiger partial charge on any atom is -0.330 e. The van der Waals surface area contributed by atoms with Crippen LogP contribution in [0.15, 0.2) is 9.40 Å². The van der Waals surface area contributed by atoms with Crippen LogP contribution in [0.5, 0.6) is 0 Å². The van der Waals surface area contributed by atoms with Crippen LogP contribution in [-0.4, -0.2) is 15.7 Å². The number of aromatic nitrogens is 2. The van der Waals surface area contributed by atoms with Gasteiger partial charge in [0.2, 0.25) is 0 Å². The molecule has 1 aromatic heterocycles. The van der Waals surface area contributed by atoms with Crippen molar-refractivity contribution < 1.29 is 0 Å². The van der Waals surface area contributed by atoms with Crippen LogP contribution in [0.2, 0.25) is 0 Å². The van der Waals surface area contributed by atoms with Gasteiger partial charge >= 0.3 is 5.69 Å². The van der Waals surface area contributed by atoms with Crippen LogP contribution >= 0.6 is 15.9 Å². The molecule has 0 aliphatic carbocycles.